The highest BCUT2D eigenvalue weighted by Crippen LogP contribution is 2.46. The fourth-order valence-electron chi connectivity index (χ4n) is 1.24. The molecule has 0 amide bonds. The standard InChI is InChI=1S/C9H18OS/c1-8(2,10)4-3-5-9(11)6-7-9/h10-11H,3-7H2,1-2H3. The summed E-state index contributed by atoms with van der Waals surface area (Å²) in [6.45, 7) is 3.73. The fourth-order valence-corrected chi connectivity index (χ4v) is 1.51. The minimum absolute atomic E-state index is 0.352. The van der Waals surface area contributed by atoms with Crippen LogP contribution in [0, 0.1) is 0 Å². The molecule has 1 aliphatic carbocycles. The molecule has 0 saturated heterocycles. The Bertz CT molecular complexity index is 128. The van der Waals surface area contributed by atoms with E-state index < -0.39 is 5.60 Å². The second-order valence-electron chi connectivity index (χ2n) is 4.39. The maximum atomic E-state index is 9.41. The van der Waals surface area contributed by atoms with Gasteiger partial charge in [0.1, 0.15) is 0 Å². The normalized spacial score (nSPS) is 21.8. The monoisotopic (exact) mass is 174 g/mol. The van der Waals surface area contributed by atoms with E-state index >= 15 is 0 Å². The van der Waals surface area contributed by atoms with Crippen molar-refractivity contribution in [3.63, 3.8) is 0 Å². The van der Waals surface area contributed by atoms with Crippen molar-refractivity contribution in [3.8, 4) is 0 Å². The van der Waals surface area contributed by atoms with E-state index in [1.807, 2.05) is 13.8 Å². The quantitative estimate of drug-likeness (QED) is 0.627. The molecule has 0 aromatic rings. The van der Waals surface area contributed by atoms with Gasteiger partial charge in [0.15, 0.2) is 0 Å². The molecule has 0 radical (unpaired) electrons. The lowest BCUT2D eigenvalue weighted by Gasteiger charge is -2.17. The van der Waals surface area contributed by atoms with Crippen LogP contribution in [0.4, 0.5) is 0 Å². The maximum Gasteiger partial charge on any atom is 0.0591 e. The van der Waals surface area contributed by atoms with Gasteiger partial charge in [-0.25, -0.2) is 0 Å². The molecule has 66 valence electrons. The summed E-state index contributed by atoms with van der Waals surface area (Å²) in [4.78, 5) is 0. The average Bonchev–Trinajstić information content (AvgIpc) is 2.44. The van der Waals surface area contributed by atoms with Gasteiger partial charge in [0.25, 0.3) is 0 Å². The van der Waals surface area contributed by atoms with Crippen molar-refractivity contribution in [2.24, 2.45) is 0 Å². The van der Waals surface area contributed by atoms with Crippen LogP contribution in [0.5, 0.6) is 0 Å². The van der Waals surface area contributed by atoms with Crippen molar-refractivity contribution in [1.29, 1.82) is 0 Å². The van der Waals surface area contributed by atoms with Crippen molar-refractivity contribution in [1.82, 2.24) is 0 Å². The summed E-state index contributed by atoms with van der Waals surface area (Å²) in [6.07, 6.45) is 5.70. The van der Waals surface area contributed by atoms with Crippen molar-refractivity contribution in [2.45, 2.75) is 56.3 Å². The number of hydrogen-bond acceptors (Lipinski definition) is 2. The Labute approximate surface area is 74.6 Å². The molecule has 0 aromatic carbocycles. The molecule has 1 rings (SSSR count). The molecule has 1 N–H and O–H groups in total. The highest BCUT2D eigenvalue weighted by atomic mass is 32.1. The van der Waals surface area contributed by atoms with Gasteiger partial charge in [-0.15, -0.1) is 0 Å². The van der Waals surface area contributed by atoms with Crippen LogP contribution in [0.3, 0.4) is 0 Å². The Morgan fingerprint density at radius 1 is 1.45 bits per heavy atom. The first kappa shape index (κ1) is 9.40. The van der Waals surface area contributed by atoms with Crippen molar-refractivity contribution < 1.29 is 5.11 Å². The van der Waals surface area contributed by atoms with Gasteiger partial charge >= 0.3 is 0 Å². The summed E-state index contributed by atoms with van der Waals surface area (Å²) in [7, 11) is 0. The second kappa shape index (κ2) is 2.98. The summed E-state index contributed by atoms with van der Waals surface area (Å²) in [5, 5.41) is 9.41. The Hall–Kier alpha value is 0.310. The summed E-state index contributed by atoms with van der Waals surface area (Å²) in [5.41, 5.74) is -0.487. The molecule has 0 aromatic heterocycles. The van der Waals surface area contributed by atoms with E-state index in [1.165, 1.54) is 19.3 Å². The summed E-state index contributed by atoms with van der Waals surface area (Å²) < 4.78 is 0.352. The van der Waals surface area contributed by atoms with Crippen LogP contribution in [0.1, 0.15) is 46.0 Å². The van der Waals surface area contributed by atoms with Gasteiger partial charge < -0.3 is 5.11 Å². The number of hydrogen-bond donors (Lipinski definition) is 2. The van der Waals surface area contributed by atoms with E-state index in [0.717, 1.165) is 12.8 Å². The molecule has 0 heterocycles. The largest absolute Gasteiger partial charge is 0.390 e. The van der Waals surface area contributed by atoms with E-state index in [-0.39, 0.29) is 0 Å². The first-order valence-electron chi connectivity index (χ1n) is 4.36. The van der Waals surface area contributed by atoms with E-state index in [2.05, 4.69) is 12.6 Å². The van der Waals surface area contributed by atoms with Gasteiger partial charge in [-0.3, -0.25) is 0 Å². The highest BCUT2D eigenvalue weighted by Gasteiger charge is 2.37. The Morgan fingerprint density at radius 3 is 2.36 bits per heavy atom. The van der Waals surface area contributed by atoms with Crippen LogP contribution in [0.2, 0.25) is 0 Å². The minimum Gasteiger partial charge on any atom is -0.390 e. The molecule has 0 atom stereocenters. The summed E-state index contributed by atoms with van der Waals surface area (Å²) in [6, 6.07) is 0. The molecule has 0 unspecified atom stereocenters. The lowest BCUT2D eigenvalue weighted by molar-refractivity contribution is 0.0681. The van der Waals surface area contributed by atoms with Gasteiger partial charge in [0.05, 0.1) is 5.60 Å². The van der Waals surface area contributed by atoms with E-state index in [1.54, 1.807) is 0 Å². The zero-order chi connectivity index (χ0) is 8.54. The first-order valence-corrected chi connectivity index (χ1v) is 4.81. The van der Waals surface area contributed by atoms with Crippen LogP contribution in [-0.4, -0.2) is 15.5 Å². The van der Waals surface area contributed by atoms with E-state index in [9.17, 15) is 5.11 Å². The summed E-state index contributed by atoms with van der Waals surface area (Å²) in [5.74, 6) is 0. The third kappa shape index (κ3) is 4.02. The summed E-state index contributed by atoms with van der Waals surface area (Å²) >= 11 is 4.51. The third-order valence-electron chi connectivity index (χ3n) is 2.26. The highest BCUT2D eigenvalue weighted by molar-refractivity contribution is 7.82. The Kier molecular flexibility index (Phi) is 2.55. The second-order valence-corrected chi connectivity index (χ2v) is 5.34. The number of rotatable bonds is 4. The molecular weight excluding hydrogens is 156 g/mol. The molecule has 1 nitrogen and oxygen atoms in total. The van der Waals surface area contributed by atoms with Gasteiger partial charge in [0.2, 0.25) is 0 Å². The lowest BCUT2D eigenvalue weighted by Crippen LogP contribution is -2.18. The van der Waals surface area contributed by atoms with Gasteiger partial charge in [-0.05, 0) is 46.0 Å². The molecule has 1 saturated carbocycles. The molecular formula is C9H18OS. The SMILES string of the molecule is CC(C)(O)CCCC1(S)CC1. The van der Waals surface area contributed by atoms with Crippen LogP contribution >= 0.6 is 12.6 Å². The van der Waals surface area contributed by atoms with Crippen LogP contribution in [0.25, 0.3) is 0 Å². The van der Waals surface area contributed by atoms with Crippen LogP contribution in [0.15, 0.2) is 0 Å². The predicted octanol–water partition coefficient (Wildman–Crippen LogP) is 2.39. The van der Waals surface area contributed by atoms with Crippen molar-refractivity contribution >= 4 is 12.6 Å². The molecule has 2 heteroatoms. The fraction of sp³-hybridized carbons (Fsp3) is 1.00. The Morgan fingerprint density at radius 2 is 2.00 bits per heavy atom. The van der Waals surface area contributed by atoms with Crippen LogP contribution in [-0.2, 0) is 0 Å². The zero-order valence-electron chi connectivity index (χ0n) is 7.43. The van der Waals surface area contributed by atoms with Crippen LogP contribution < -0.4 is 0 Å². The third-order valence-corrected chi connectivity index (χ3v) is 2.93. The molecule has 0 bridgehead atoms. The smallest absolute Gasteiger partial charge is 0.0591 e. The molecule has 1 fully saturated rings. The van der Waals surface area contributed by atoms with E-state index in [0.29, 0.717) is 4.75 Å². The topological polar surface area (TPSA) is 20.2 Å². The molecule has 11 heavy (non-hydrogen) atoms. The van der Waals surface area contributed by atoms with Gasteiger partial charge in [0, 0.05) is 4.75 Å². The average molecular weight is 174 g/mol. The minimum atomic E-state index is -0.487. The van der Waals surface area contributed by atoms with Crippen molar-refractivity contribution in [3.05, 3.63) is 0 Å². The van der Waals surface area contributed by atoms with Crippen molar-refractivity contribution in [2.75, 3.05) is 0 Å². The molecule has 0 aliphatic heterocycles. The van der Waals surface area contributed by atoms with E-state index in [4.69, 9.17) is 0 Å². The molecule has 0 spiro atoms. The number of aliphatic hydroxyl groups is 1. The lowest BCUT2D eigenvalue weighted by atomic mass is 10.0. The first-order chi connectivity index (χ1) is 4.91. The predicted molar refractivity (Wildman–Crippen MR) is 51.1 cm³/mol. The molecule has 1 aliphatic rings. The number of thiol groups is 1. The Balaban J connectivity index is 2.05. The van der Waals surface area contributed by atoms with Gasteiger partial charge in [-0.2, -0.15) is 12.6 Å². The zero-order valence-corrected chi connectivity index (χ0v) is 8.32. The van der Waals surface area contributed by atoms with Gasteiger partial charge in [-0.1, -0.05) is 0 Å². The maximum absolute atomic E-state index is 9.41.